The number of alkyl halides is 2. The Labute approximate surface area is 164 Å². The lowest BCUT2D eigenvalue weighted by Crippen LogP contribution is -2.35. The number of halogens is 2. The third-order valence-electron chi connectivity index (χ3n) is 3.96. The highest BCUT2D eigenvalue weighted by Crippen LogP contribution is 2.35. The Kier molecular flexibility index (Phi) is 6.18. The summed E-state index contributed by atoms with van der Waals surface area (Å²) in [6.45, 7) is -0.117. The van der Waals surface area contributed by atoms with Crippen LogP contribution in [0, 0.1) is 0 Å². The number of aliphatic hydroxyl groups is 1. The molecule has 0 radical (unpaired) electrons. The number of hydrogen-bond acceptors (Lipinski definition) is 7. The van der Waals surface area contributed by atoms with Gasteiger partial charge in [0.05, 0.1) is 4.90 Å². The molecule has 0 saturated heterocycles. The van der Waals surface area contributed by atoms with Crippen LogP contribution in [-0.4, -0.2) is 51.2 Å². The fourth-order valence-corrected chi connectivity index (χ4v) is 3.15. The summed E-state index contributed by atoms with van der Waals surface area (Å²) in [7, 11) is -4.72. The molecule has 2 aromatic carbocycles. The summed E-state index contributed by atoms with van der Waals surface area (Å²) < 4.78 is 63.6. The average molecular weight is 429 g/mol. The maximum Gasteiger partial charge on any atom is 0.341 e. The van der Waals surface area contributed by atoms with E-state index in [2.05, 4.69) is 5.32 Å². The summed E-state index contributed by atoms with van der Waals surface area (Å²) in [6.07, 6.45) is -1.03. The smallest absolute Gasteiger partial charge is 0.341 e. The van der Waals surface area contributed by atoms with Crippen molar-refractivity contribution in [2.45, 2.75) is 16.8 Å². The number of aliphatic hydroxyl groups excluding tert-OH is 1. The van der Waals surface area contributed by atoms with Crippen LogP contribution in [0.4, 0.5) is 8.78 Å². The number of fused-ring (bicyclic) bond motifs is 1. The van der Waals surface area contributed by atoms with E-state index in [0.29, 0.717) is 17.2 Å². The molecule has 1 atom stereocenters. The molecule has 11 heteroatoms. The van der Waals surface area contributed by atoms with E-state index in [-0.39, 0.29) is 25.5 Å². The highest BCUT2D eigenvalue weighted by atomic mass is 32.2. The lowest BCUT2D eigenvalue weighted by atomic mass is 10.2. The van der Waals surface area contributed by atoms with Crippen molar-refractivity contribution in [3.63, 3.8) is 0 Å². The van der Waals surface area contributed by atoms with E-state index in [1.165, 1.54) is 0 Å². The monoisotopic (exact) mass is 429 g/mol. The van der Waals surface area contributed by atoms with Crippen molar-refractivity contribution in [2.75, 3.05) is 19.9 Å². The predicted octanol–water partition coefficient (Wildman–Crippen LogP) is 1.58. The van der Waals surface area contributed by atoms with Crippen molar-refractivity contribution in [1.82, 2.24) is 5.32 Å². The largest absolute Gasteiger partial charge is 0.491 e. The molecule has 1 unspecified atom stereocenters. The molecule has 1 heterocycles. The molecule has 0 aliphatic carbocycles. The first kappa shape index (κ1) is 20.8. The number of benzene rings is 2. The van der Waals surface area contributed by atoms with E-state index < -0.39 is 32.5 Å². The van der Waals surface area contributed by atoms with E-state index >= 15 is 0 Å². The predicted molar refractivity (Wildman–Crippen MR) is 96.0 cm³/mol. The SMILES string of the molecule is O=C(NCC(O)COc1ccc2c(c1)OCO2)c1ccc(S(=O)(=O)C(F)F)cc1. The average Bonchev–Trinajstić information content (AvgIpc) is 3.18. The number of carbonyl (C=O) groups excluding carboxylic acids is 1. The molecule has 0 fully saturated rings. The molecule has 2 N–H and O–H groups in total. The van der Waals surface area contributed by atoms with E-state index in [1.807, 2.05) is 0 Å². The first-order valence-corrected chi connectivity index (χ1v) is 9.93. The van der Waals surface area contributed by atoms with Crippen molar-refractivity contribution >= 4 is 15.7 Å². The minimum absolute atomic E-state index is 0.0575. The van der Waals surface area contributed by atoms with Gasteiger partial charge >= 0.3 is 5.76 Å². The highest BCUT2D eigenvalue weighted by molar-refractivity contribution is 7.91. The van der Waals surface area contributed by atoms with Crippen LogP contribution in [0.25, 0.3) is 0 Å². The Morgan fingerprint density at radius 2 is 1.83 bits per heavy atom. The fourth-order valence-electron chi connectivity index (χ4n) is 2.43. The van der Waals surface area contributed by atoms with E-state index in [4.69, 9.17) is 14.2 Å². The first-order chi connectivity index (χ1) is 13.8. The normalized spacial score (nSPS) is 13.9. The Hall–Kier alpha value is -2.92. The Morgan fingerprint density at radius 3 is 2.52 bits per heavy atom. The van der Waals surface area contributed by atoms with Gasteiger partial charge in [-0.15, -0.1) is 0 Å². The molecule has 0 bridgehead atoms. The van der Waals surface area contributed by atoms with Crippen LogP contribution >= 0.6 is 0 Å². The van der Waals surface area contributed by atoms with E-state index in [9.17, 15) is 27.1 Å². The maximum absolute atomic E-state index is 12.5. The van der Waals surface area contributed by atoms with Gasteiger partial charge in [0.15, 0.2) is 11.5 Å². The van der Waals surface area contributed by atoms with Gasteiger partial charge in [-0.2, -0.15) is 8.78 Å². The second-order valence-electron chi connectivity index (χ2n) is 6.02. The van der Waals surface area contributed by atoms with E-state index in [1.54, 1.807) is 18.2 Å². The summed E-state index contributed by atoms with van der Waals surface area (Å²) >= 11 is 0. The third-order valence-corrected chi connectivity index (χ3v) is 5.36. The van der Waals surface area contributed by atoms with Gasteiger partial charge in [0.2, 0.25) is 16.6 Å². The highest BCUT2D eigenvalue weighted by Gasteiger charge is 2.26. The van der Waals surface area contributed by atoms with E-state index in [0.717, 1.165) is 24.3 Å². The van der Waals surface area contributed by atoms with Gasteiger partial charge < -0.3 is 24.6 Å². The van der Waals surface area contributed by atoms with Crippen LogP contribution in [-0.2, 0) is 9.84 Å². The Bertz CT molecular complexity index is 980. The van der Waals surface area contributed by atoms with Crippen LogP contribution in [0.15, 0.2) is 47.4 Å². The molecule has 1 amide bonds. The summed E-state index contributed by atoms with van der Waals surface area (Å²) in [6, 6.07) is 9.01. The zero-order chi connectivity index (χ0) is 21.0. The summed E-state index contributed by atoms with van der Waals surface area (Å²) in [4.78, 5) is 11.5. The summed E-state index contributed by atoms with van der Waals surface area (Å²) in [5.41, 5.74) is 0.0575. The summed E-state index contributed by atoms with van der Waals surface area (Å²) in [5.74, 6) is -2.56. The van der Waals surface area contributed by atoms with Gasteiger partial charge in [0.25, 0.3) is 5.91 Å². The maximum atomic E-state index is 12.5. The number of nitrogens with one attached hydrogen (secondary N) is 1. The molecule has 156 valence electrons. The molecule has 0 saturated carbocycles. The molecule has 1 aliphatic rings. The second-order valence-corrected chi connectivity index (χ2v) is 7.94. The van der Waals surface area contributed by atoms with Crippen LogP contribution < -0.4 is 19.5 Å². The Balaban J connectivity index is 1.48. The zero-order valence-corrected chi connectivity index (χ0v) is 15.7. The molecule has 3 rings (SSSR count). The van der Waals surface area contributed by atoms with Gasteiger partial charge in [0, 0.05) is 18.2 Å². The van der Waals surface area contributed by atoms with Gasteiger partial charge in [-0.1, -0.05) is 0 Å². The lowest BCUT2D eigenvalue weighted by Gasteiger charge is -2.14. The fraction of sp³-hybridized carbons (Fsp3) is 0.278. The van der Waals surface area contributed by atoms with Crippen molar-refractivity contribution < 1.29 is 41.3 Å². The van der Waals surface area contributed by atoms with Crippen LogP contribution in [0.1, 0.15) is 10.4 Å². The van der Waals surface area contributed by atoms with Crippen LogP contribution in [0.5, 0.6) is 17.2 Å². The van der Waals surface area contributed by atoms with Crippen LogP contribution in [0.3, 0.4) is 0 Å². The molecule has 29 heavy (non-hydrogen) atoms. The topological polar surface area (TPSA) is 111 Å². The molecular weight excluding hydrogens is 412 g/mol. The number of hydrogen-bond donors (Lipinski definition) is 2. The number of ether oxygens (including phenoxy) is 3. The first-order valence-electron chi connectivity index (χ1n) is 8.38. The molecule has 8 nitrogen and oxygen atoms in total. The molecular formula is C18H17F2NO7S. The van der Waals surface area contributed by atoms with Crippen molar-refractivity contribution in [3.8, 4) is 17.2 Å². The van der Waals surface area contributed by atoms with Gasteiger partial charge in [-0.05, 0) is 36.4 Å². The van der Waals surface area contributed by atoms with Crippen molar-refractivity contribution in [3.05, 3.63) is 48.0 Å². The molecule has 0 aromatic heterocycles. The lowest BCUT2D eigenvalue weighted by molar-refractivity contribution is 0.0843. The van der Waals surface area contributed by atoms with Gasteiger partial charge in [-0.25, -0.2) is 8.42 Å². The third kappa shape index (κ3) is 4.93. The standard InChI is InChI=1S/C18H17F2NO7S/c19-18(20)29(24,25)14-4-1-11(2-5-14)17(23)21-8-12(22)9-26-13-3-6-15-16(7-13)28-10-27-15/h1-7,12,18,22H,8-10H2,(H,21,23). The number of sulfone groups is 1. The molecule has 2 aromatic rings. The number of amides is 1. The minimum atomic E-state index is -4.72. The van der Waals surface area contributed by atoms with Crippen molar-refractivity contribution in [2.24, 2.45) is 0 Å². The number of rotatable bonds is 8. The minimum Gasteiger partial charge on any atom is -0.491 e. The second kappa shape index (κ2) is 8.62. The molecule has 1 aliphatic heterocycles. The van der Waals surface area contributed by atoms with Gasteiger partial charge in [-0.3, -0.25) is 4.79 Å². The summed E-state index contributed by atoms with van der Waals surface area (Å²) in [5, 5.41) is 12.4. The van der Waals surface area contributed by atoms with Crippen molar-refractivity contribution in [1.29, 1.82) is 0 Å². The van der Waals surface area contributed by atoms with Gasteiger partial charge in [0.1, 0.15) is 18.5 Å². The zero-order valence-electron chi connectivity index (χ0n) is 14.9. The van der Waals surface area contributed by atoms with Crippen LogP contribution in [0.2, 0.25) is 0 Å². The molecule has 0 spiro atoms. The Morgan fingerprint density at radius 1 is 1.14 bits per heavy atom. The quantitative estimate of drug-likeness (QED) is 0.655. The number of carbonyl (C=O) groups is 1.